The van der Waals surface area contributed by atoms with Gasteiger partial charge < -0.3 is 10.2 Å². The van der Waals surface area contributed by atoms with Gasteiger partial charge in [0.05, 0.1) is 11.1 Å². The predicted molar refractivity (Wildman–Crippen MR) is 178 cm³/mol. The van der Waals surface area contributed by atoms with E-state index in [1.165, 1.54) is 0 Å². The van der Waals surface area contributed by atoms with Crippen LogP contribution < -0.4 is 0 Å². The zero-order valence-electron chi connectivity index (χ0n) is 23.4. The molecule has 6 aromatic carbocycles. The van der Waals surface area contributed by atoms with Gasteiger partial charge in [-0.2, -0.15) is 0 Å². The molecule has 0 aliphatic carbocycles. The highest BCUT2D eigenvalue weighted by atomic mass is 32.2. The number of carboxylic acids is 2. The maximum atomic E-state index is 11.4. The summed E-state index contributed by atoms with van der Waals surface area (Å²) >= 11 is 3.11. The molecule has 6 rings (SSSR count). The molecule has 0 heterocycles. The molecule has 0 spiro atoms. The van der Waals surface area contributed by atoms with Crippen LogP contribution in [0.1, 0.15) is 20.7 Å². The summed E-state index contributed by atoms with van der Waals surface area (Å²) in [5.74, 6) is -1.87. The van der Waals surface area contributed by atoms with Crippen molar-refractivity contribution in [3.05, 3.63) is 157 Å². The molecule has 0 aliphatic rings. The van der Waals surface area contributed by atoms with Gasteiger partial charge in [0.1, 0.15) is 0 Å². The van der Waals surface area contributed by atoms with Gasteiger partial charge in [0.25, 0.3) is 0 Å². The van der Waals surface area contributed by atoms with Gasteiger partial charge in [-0.3, -0.25) is 0 Å². The summed E-state index contributed by atoms with van der Waals surface area (Å²) < 4.78 is 0. The quantitative estimate of drug-likeness (QED) is 0.170. The van der Waals surface area contributed by atoms with Crippen molar-refractivity contribution in [1.29, 1.82) is 0 Å². The van der Waals surface area contributed by atoms with Crippen LogP contribution in [0.3, 0.4) is 0 Å². The number of carboxylic acid groups (broad SMARTS) is 2. The van der Waals surface area contributed by atoms with E-state index in [0.717, 1.165) is 53.0 Å². The van der Waals surface area contributed by atoms with E-state index in [0.29, 0.717) is 0 Å². The molecule has 0 fully saturated rings. The molecule has 0 atom stereocenters. The Labute approximate surface area is 264 Å². The van der Waals surface area contributed by atoms with Crippen LogP contribution in [0.25, 0.3) is 33.4 Å². The zero-order chi connectivity index (χ0) is 30.5. The van der Waals surface area contributed by atoms with Crippen LogP contribution in [-0.2, 0) is 0 Å². The Kier molecular flexibility index (Phi) is 8.64. The standard InChI is InChI=1S/C38H26O4S2/c39-37(40)29-7-5-9-31(23-29)43-35-13-3-1-11-33(35)27-19-15-25(16-20-27)26-17-21-28(22-18-26)34-12-2-4-14-36(34)44-32-10-6-8-30(24-32)38(41)42/h1-24H,(H,39,40)(H,41,42). The number of aromatic carboxylic acids is 2. The molecule has 4 nitrogen and oxygen atoms in total. The molecule has 6 heteroatoms. The molecule has 0 unspecified atom stereocenters. The molecular weight excluding hydrogens is 585 g/mol. The minimum Gasteiger partial charge on any atom is -0.478 e. The van der Waals surface area contributed by atoms with Crippen LogP contribution in [0.15, 0.2) is 165 Å². The maximum Gasteiger partial charge on any atom is 0.335 e. The third kappa shape index (κ3) is 6.62. The first-order valence-electron chi connectivity index (χ1n) is 13.9. The fraction of sp³-hybridized carbons (Fsp3) is 0. The lowest BCUT2D eigenvalue weighted by atomic mass is 9.98. The molecule has 0 saturated heterocycles. The molecule has 0 aliphatic heterocycles. The lowest BCUT2D eigenvalue weighted by Gasteiger charge is -2.12. The van der Waals surface area contributed by atoms with Crippen molar-refractivity contribution >= 4 is 35.5 Å². The van der Waals surface area contributed by atoms with Crippen LogP contribution >= 0.6 is 23.5 Å². The molecule has 0 aromatic heterocycles. The summed E-state index contributed by atoms with van der Waals surface area (Å²) in [6.07, 6.45) is 0. The maximum absolute atomic E-state index is 11.4. The summed E-state index contributed by atoms with van der Waals surface area (Å²) in [7, 11) is 0. The number of rotatable bonds is 9. The molecule has 0 amide bonds. The van der Waals surface area contributed by atoms with Gasteiger partial charge in [-0.05, 0) is 81.9 Å². The average Bonchev–Trinajstić information content (AvgIpc) is 3.06. The van der Waals surface area contributed by atoms with Crippen molar-refractivity contribution in [2.75, 3.05) is 0 Å². The first-order chi connectivity index (χ1) is 21.4. The normalized spacial score (nSPS) is 10.8. The lowest BCUT2D eigenvalue weighted by molar-refractivity contribution is 0.0685. The highest BCUT2D eigenvalue weighted by molar-refractivity contribution is 7.99. The SMILES string of the molecule is O=C(O)c1cccc(Sc2ccccc2-c2ccc(-c3ccc(-c4ccccc4Sc4cccc(C(=O)O)c4)cc3)cc2)c1. The van der Waals surface area contributed by atoms with E-state index in [4.69, 9.17) is 0 Å². The van der Waals surface area contributed by atoms with Crippen molar-refractivity contribution in [1.82, 2.24) is 0 Å². The van der Waals surface area contributed by atoms with Crippen molar-refractivity contribution in [3.8, 4) is 33.4 Å². The van der Waals surface area contributed by atoms with Crippen molar-refractivity contribution in [2.24, 2.45) is 0 Å². The van der Waals surface area contributed by atoms with Crippen molar-refractivity contribution in [3.63, 3.8) is 0 Å². The fourth-order valence-electron chi connectivity index (χ4n) is 4.91. The van der Waals surface area contributed by atoms with Crippen molar-refractivity contribution < 1.29 is 19.8 Å². The highest BCUT2D eigenvalue weighted by Gasteiger charge is 2.11. The Bertz CT molecular complexity index is 1820. The van der Waals surface area contributed by atoms with Gasteiger partial charge >= 0.3 is 11.9 Å². The van der Waals surface area contributed by atoms with Gasteiger partial charge in [-0.25, -0.2) is 9.59 Å². The largest absolute Gasteiger partial charge is 0.478 e. The second kappa shape index (κ2) is 13.1. The number of hydrogen-bond donors (Lipinski definition) is 2. The summed E-state index contributed by atoms with van der Waals surface area (Å²) in [6.45, 7) is 0. The van der Waals surface area contributed by atoms with Crippen LogP contribution in [0, 0.1) is 0 Å². The van der Waals surface area contributed by atoms with Crippen LogP contribution in [-0.4, -0.2) is 22.2 Å². The number of carbonyl (C=O) groups is 2. The summed E-state index contributed by atoms with van der Waals surface area (Å²) in [5, 5.41) is 18.7. The van der Waals surface area contributed by atoms with Crippen molar-refractivity contribution in [2.45, 2.75) is 19.6 Å². The van der Waals surface area contributed by atoms with E-state index in [1.807, 2.05) is 36.4 Å². The van der Waals surface area contributed by atoms with Crippen LogP contribution in [0.4, 0.5) is 0 Å². The molecule has 44 heavy (non-hydrogen) atoms. The van der Waals surface area contributed by atoms with Gasteiger partial charge in [-0.1, -0.05) is 121 Å². The first kappa shape index (κ1) is 29.1. The Morgan fingerprint density at radius 1 is 0.409 bits per heavy atom. The van der Waals surface area contributed by atoms with Crippen LogP contribution in [0.2, 0.25) is 0 Å². The Morgan fingerprint density at radius 3 is 1.16 bits per heavy atom. The highest BCUT2D eigenvalue weighted by Crippen LogP contribution is 2.39. The number of hydrogen-bond acceptors (Lipinski definition) is 4. The van der Waals surface area contributed by atoms with Gasteiger partial charge in [0, 0.05) is 19.6 Å². The average molecular weight is 611 g/mol. The molecule has 6 aromatic rings. The third-order valence-corrected chi connectivity index (χ3v) is 9.25. The lowest BCUT2D eigenvalue weighted by Crippen LogP contribution is -1.95. The topological polar surface area (TPSA) is 74.6 Å². The Hall–Kier alpha value is -5.04. The van der Waals surface area contributed by atoms with Gasteiger partial charge in [-0.15, -0.1) is 0 Å². The molecule has 2 N–H and O–H groups in total. The molecule has 0 bridgehead atoms. The second-order valence-electron chi connectivity index (χ2n) is 10.0. The third-order valence-electron chi connectivity index (χ3n) is 7.12. The van der Waals surface area contributed by atoms with E-state index < -0.39 is 11.9 Å². The first-order valence-corrected chi connectivity index (χ1v) is 15.5. The molecule has 214 valence electrons. The Morgan fingerprint density at radius 2 is 0.773 bits per heavy atom. The van der Waals surface area contributed by atoms with E-state index >= 15 is 0 Å². The zero-order valence-corrected chi connectivity index (χ0v) is 25.0. The summed E-state index contributed by atoms with van der Waals surface area (Å²) in [4.78, 5) is 26.7. The monoisotopic (exact) mass is 610 g/mol. The van der Waals surface area contributed by atoms with Gasteiger partial charge in [0.15, 0.2) is 0 Å². The van der Waals surface area contributed by atoms with Gasteiger partial charge in [0.2, 0.25) is 0 Å². The van der Waals surface area contributed by atoms with E-state index in [-0.39, 0.29) is 11.1 Å². The van der Waals surface area contributed by atoms with E-state index in [2.05, 4.69) is 72.8 Å². The Balaban J connectivity index is 1.21. The molecule has 0 saturated carbocycles. The minimum absolute atomic E-state index is 0.274. The summed E-state index contributed by atoms with van der Waals surface area (Å²) in [5.41, 5.74) is 7.10. The molecule has 0 radical (unpaired) electrons. The minimum atomic E-state index is -0.935. The fourth-order valence-corrected chi connectivity index (χ4v) is 6.97. The van der Waals surface area contributed by atoms with E-state index in [9.17, 15) is 19.8 Å². The van der Waals surface area contributed by atoms with Crippen LogP contribution in [0.5, 0.6) is 0 Å². The second-order valence-corrected chi connectivity index (χ2v) is 12.2. The molecular formula is C38H26O4S2. The van der Waals surface area contributed by atoms with E-state index in [1.54, 1.807) is 59.9 Å². The summed E-state index contributed by atoms with van der Waals surface area (Å²) in [6, 6.07) is 47.2. The number of benzene rings is 6. The predicted octanol–water partition coefficient (Wildman–Crippen LogP) is 10.4. The smallest absolute Gasteiger partial charge is 0.335 e.